The zero-order chi connectivity index (χ0) is 20.2. The molecule has 2 N–H and O–H groups in total. The van der Waals surface area contributed by atoms with Crippen LogP contribution in [0.25, 0.3) is 0 Å². The Labute approximate surface area is 167 Å². The highest BCUT2D eigenvalue weighted by atomic mass is 32.2. The van der Waals surface area contributed by atoms with Crippen LogP contribution in [0.1, 0.15) is 42.4 Å². The number of carbonyl (C=O) groups excluding carboxylic acids is 1. The summed E-state index contributed by atoms with van der Waals surface area (Å²) in [5, 5.41) is 3.00. The van der Waals surface area contributed by atoms with Crippen molar-refractivity contribution in [1.29, 1.82) is 0 Å². The van der Waals surface area contributed by atoms with E-state index < -0.39 is 10.0 Å². The summed E-state index contributed by atoms with van der Waals surface area (Å²) >= 11 is 0. The van der Waals surface area contributed by atoms with Crippen LogP contribution in [0, 0.1) is 13.8 Å². The molecule has 150 valence electrons. The van der Waals surface area contributed by atoms with Gasteiger partial charge >= 0.3 is 0 Å². The predicted molar refractivity (Wildman–Crippen MR) is 111 cm³/mol. The Bertz CT molecular complexity index is 936. The first-order valence-electron chi connectivity index (χ1n) is 9.72. The largest absolute Gasteiger partial charge is 0.355 e. The Hall–Kier alpha value is -2.18. The summed E-state index contributed by atoms with van der Waals surface area (Å²) in [4.78, 5) is 12.5. The number of hydrogen-bond donors (Lipinski definition) is 2. The summed E-state index contributed by atoms with van der Waals surface area (Å²) in [5.74, 6) is -0.134. The third kappa shape index (κ3) is 4.62. The topological polar surface area (TPSA) is 75.3 Å². The van der Waals surface area contributed by atoms with Gasteiger partial charge in [-0.1, -0.05) is 54.4 Å². The predicted octanol–water partition coefficient (Wildman–Crippen LogP) is 3.21. The highest BCUT2D eigenvalue weighted by Crippen LogP contribution is 2.43. The molecule has 1 amide bonds. The van der Waals surface area contributed by atoms with Gasteiger partial charge in [-0.15, -0.1) is 0 Å². The Morgan fingerprint density at radius 1 is 1.07 bits per heavy atom. The van der Waals surface area contributed by atoms with Gasteiger partial charge in [0.1, 0.15) is 0 Å². The van der Waals surface area contributed by atoms with Crippen LogP contribution in [0.2, 0.25) is 0 Å². The number of amides is 1. The molecule has 0 aromatic heterocycles. The number of nitrogens with one attached hydrogen (secondary N) is 2. The van der Waals surface area contributed by atoms with Gasteiger partial charge in [-0.3, -0.25) is 4.79 Å². The fourth-order valence-corrected chi connectivity index (χ4v) is 5.05. The second-order valence-corrected chi connectivity index (χ2v) is 9.43. The molecule has 6 heteroatoms. The highest BCUT2D eigenvalue weighted by Gasteiger charge is 2.38. The van der Waals surface area contributed by atoms with Crippen molar-refractivity contribution in [2.45, 2.75) is 49.8 Å². The molecule has 28 heavy (non-hydrogen) atoms. The molecular formula is C22H28N2O3S. The SMILES string of the molecule is Cc1ccc(S(=O)(=O)NCCC(=O)NCC2(c3ccccc3)CCC2)c(C)c1. The lowest BCUT2D eigenvalue weighted by atomic mass is 9.64. The van der Waals surface area contributed by atoms with E-state index in [0.29, 0.717) is 12.1 Å². The summed E-state index contributed by atoms with van der Waals surface area (Å²) in [6.07, 6.45) is 3.42. The molecule has 0 bridgehead atoms. The number of aryl methyl sites for hydroxylation is 2. The van der Waals surface area contributed by atoms with E-state index in [1.54, 1.807) is 19.1 Å². The average molecular weight is 401 g/mol. The summed E-state index contributed by atoms with van der Waals surface area (Å²) in [6.45, 7) is 4.38. The number of benzene rings is 2. The zero-order valence-electron chi connectivity index (χ0n) is 16.5. The third-order valence-corrected chi connectivity index (χ3v) is 7.21. The lowest BCUT2D eigenvalue weighted by Gasteiger charge is -2.42. The van der Waals surface area contributed by atoms with Gasteiger partial charge in [-0.05, 0) is 43.9 Å². The highest BCUT2D eigenvalue weighted by molar-refractivity contribution is 7.89. The van der Waals surface area contributed by atoms with Crippen LogP contribution in [0.5, 0.6) is 0 Å². The zero-order valence-corrected chi connectivity index (χ0v) is 17.3. The third-order valence-electron chi connectivity index (χ3n) is 5.58. The van der Waals surface area contributed by atoms with Crippen molar-refractivity contribution >= 4 is 15.9 Å². The quantitative estimate of drug-likeness (QED) is 0.714. The number of sulfonamides is 1. The standard InChI is InChI=1S/C22H28N2O3S/c1-17-9-10-20(18(2)15-17)28(26,27)24-14-11-21(25)23-16-22(12-6-13-22)19-7-4-3-5-8-19/h3-5,7-10,15,24H,6,11-14,16H2,1-2H3,(H,23,25). The van der Waals surface area contributed by atoms with Crippen LogP contribution in [0.3, 0.4) is 0 Å². The number of hydrogen-bond acceptors (Lipinski definition) is 3. The molecule has 0 heterocycles. The molecule has 2 aromatic rings. The summed E-state index contributed by atoms with van der Waals surface area (Å²) < 4.78 is 27.5. The molecule has 1 aliphatic rings. The van der Waals surface area contributed by atoms with Gasteiger partial charge in [0.15, 0.2) is 0 Å². The monoisotopic (exact) mass is 400 g/mol. The summed E-state index contributed by atoms with van der Waals surface area (Å²) in [7, 11) is -3.61. The molecule has 1 saturated carbocycles. The van der Waals surface area contributed by atoms with E-state index in [0.717, 1.165) is 18.4 Å². The first-order valence-corrected chi connectivity index (χ1v) is 11.2. The lowest BCUT2D eigenvalue weighted by molar-refractivity contribution is -0.121. The van der Waals surface area contributed by atoms with E-state index in [-0.39, 0.29) is 29.2 Å². The van der Waals surface area contributed by atoms with Crippen molar-refractivity contribution in [3.63, 3.8) is 0 Å². The van der Waals surface area contributed by atoms with E-state index in [9.17, 15) is 13.2 Å². The van der Waals surface area contributed by atoms with E-state index in [4.69, 9.17) is 0 Å². The first kappa shape index (κ1) is 20.6. The molecule has 3 rings (SSSR count). The van der Waals surface area contributed by atoms with Crippen LogP contribution < -0.4 is 10.0 Å². The van der Waals surface area contributed by atoms with Crippen LogP contribution >= 0.6 is 0 Å². The van der Waals surface area contributed by atoms with Crippen molar-refractivity contribution in [2.24, 2.45) is 0 Å². The van der Waals surface area contributed by atoms with Gasteiger partial charge < -0.3 is 5.32 Å². The fourth-order valence-electron chi connectivity index (χ4n) is 3.80. The lowest BCUT2D eigenvalue weighted by Crippen LogP contribution is -2.46. The molecule has 5 nitrogen and oxygen atoms in total. The molecule has 0 radical (unpaired) electrons. The maximum atomic E-state index is 12.5. The smallest absolute Gasteiger partial charge is 0.240 e. The van der Waals surface area contributed by atoms with Crippen molar-refractivity contribution in [2.75, 3.05) is 13.1 Å². The van der Waals surface area contributed by atoms with Crippen LogP contribution in [0.15, 0.2) is 53.4 Å². The maximum Gasteiger partial charge on any atom is 0.240 e. The van der Waals surface area contributed by atoms with E-state index >= 15 is 0 Å². The molecule has 0 aliphatic heterocycles. The minimum atomic E-state index is -3.61. The van der Waals surface area contributed by atoms with Crippen molar-refractivity contribution < 1.29 is 13.2 Å². The Balaban J connectivity index is 1.51. The van der Waals surface area contributed by atoms with Crippen molar-refractivity contribution in [1.82, 2.24) is 10.0 Å². The molecule has 0 saturated heterocycles. The van der Waals surface area contributed by atoms with E-state index in [1.807, 2.05) is 31.2 Å². The minimum absolute atomic E-state index is 0.0232. The number of carbonyl (C=O) groups is 1. The molecule has 0 unspecified atom stereocenters. The Morgan fingerprint density at radius 3 is 2.39 bits per heavy atom. The number of rotatable bonds is 8. The molecule has 0 atom stereocenters. The molecular weight excluding hydrogens is 372 g/mol. The Kier molecular flexibility index (Phi) is 6.20. The molecule has 1 fully saturated rings. The average Bonchev–Trinajstić information content (AvgIpc) is 2.61. The van der Waals surface area contributed by atoms with Gasteiger partial charge in [0.05, 0.1) is 4.90 Å². The van der Waals surface area contributed by atoms with Gasteiger partial charge in [-0.25, -0.2) is 13.1 Å². The van der Waals surface area contributed by atoms with Gasteiger partial charge in [0.2, 0.25) is 15.9 Å². The minimum Gasteiger partial charge on any atom is -0.355 e. The van der Waals surface area contributed by atoms with Crippen molar-refractivity contribution in [3.8, 4) is 0 Å². The van der Waals surface area contributed by atoms with Crippen molar-refractivity contribution in [3.05, 3.63) is 65.2 Å². The molecule has 0 spiro atoms. The molecule has 1 aliphatic carbocycles. The van der Waals surface area contributed by atoms with Gasteiger partial charge in [-0.2, -0.15) is 0 Å². The van der Waals surface area contributed by atoms with Gasteiger partial charge in [0.25, 0.3) is 0 Å². The second kappa shape index (κ2) is 8.45. The Morgan fingerprint density at radius 2 is 1.79 bits per heavy atom. The van der Waals surface area contributed by atoms with E-state index in [1.165, 1.54) is 12.0 Å². The van der Waals surface area contributed by atoms with Crippen LogP contribution in [0.4, 0.5) is 0 Å². The normalized spacial score (nSPS) is 15.6. The van der Waals surface area contributed by atoms with Crippen LogP contribution in [-0.2, 0) is 20.2 Å². The van der Waals surface area contributed by atoms with Crippen LogP contribution in [-0.4, -0.2) is 27.4 Å². The summed E-state index contributed by atoms with van der Waals surface area (Å²) in [6, 6.07) is 15.5. The first-order chi connectivity index (χ1) is 13.3. The summed E-state index contributed by atoms with van der Waals surface area (Å²) in [5.41, 5.74) is 3.00. The van der Waals surface area contributed by atoms with E-state index in [2.05, 4.69) is 22.2 Å². The molecule has 2 aromatic carbocycles. The maximum absolute atomic E-state index is 12.5. The second-order valence-electron chi connectivity index (χ2n) is 7.69. The van der Waals surface area contributed by atoms with Gasteiger partial charge in [0, 0.05) is 24.9 Å². The fraction of sp³-hybridized carbons (Fsp3) is 0.409.